The van der Waals surface area contributed by atoms with E-state index in [9.17, 15) is 10.4 Å². The van der Waals surface area contributed by atoms with Gasteiger partial charge in [-0.2, -0.15) is 10.2 Å². The van der Waals surface area contributed by atoms with Gasteiger partial charge in [0.25, 0.3) is 0 Å². The van der Waals surface area contributed by atoms with E-state index in [1.54, 1.807) is 0 Å². The monoisotopic (exact) mass is 469 g/mol. The van der Waals surface area contributed by atoms with Gasteiger partial charge in [-0.25, -0.2) is 9.97 Å². The van der Waals surface area contributed by atoms with Crippen LogP contribution in [0.15, 0.2) is 36.5 Å². The fourth-order valence-corrected chi connectivity index (χ4v) is 5.18. The molecule has 0 radical (unpaired) electrons. The molecule has 8 heteroatoms. The summed E-state index contributed by atoms with van der Waals surface area (Å²) in [7, 11) is 0. The van der Waals surface area contributed by atoms with E-state index >= 15 is 0 Å². The molecule has 1 unspecified atom stereocenters. The second kappa shape index (κ2) is 9.61. The lowest BCUT2D eigenvalue weighted by molar-refractivity contribution is 0.0307. The van der Waals surface area contributed by atoms with Crippen LogP contribution in [0.25, 0.3) is 0 Å². The molecule has 180 valence electrons. The molecule has 2 aliphatic rings. The van der Waals surface area contributed by atoms with Gasteiger partial charge in [0.2, 0.25) is 5.95 Å². The molecule has 2 aromatic heterocycles. The Kier molecular flexibility index (Phi) is 6.37. The molecule has 1 aliphatic heterocycles. The maximum Gasteiger partial charge on any atom is 0.229 e. The average molecular weight is 470 g/mol. The highest BCUT2D eigenvalue weighted by Gasteiger charge is 2.36. The summed E-state index contributed by atoms with van der Waals surface area (Å²) in [5, 5.41) is 30.3. The molecule has 1 aliphatic carbocycles. The summed E-state index contributed by atoms with van der Waals surface area (Å²) in [5.41, 5.74) is 4.74. The van der Waals surface area contributed by atoms with Crippen molar-refractivity contribution in [2.75, 3.05) is 23.7 Å². The quantitative estimate of drug-likeness (QED) is 0.415. The summed E-state index contributed by atoms with van der Waals surface area (Å²) in [6.45, 7) is 6.24. The summed E-state index contributed by atoms with van der Waals surface area (Å²) in [6.07, 6.45) is 5.92. The van der Waals surface area contributed by atoms with Crippen molar-refractivity contribution in [2.24, 2.45) is 0 Å². The van der Waals surface area contributed by atoms with Crippen LogP contribution in [-0.2, 0) is 12.0 Å². The Morgan fingerprint density at radius 1 is 1.17 bits per heavy atom. The number of anilines is 4. The molecular weight excluding hydrogens is 438 g/mol. The first-order chi connectivity index (χ1) is 17.0. The van der Waals surface area contributed by atoms with Gasteiger partial charge in [0.1, 0.15) is 23.1 Å². The molecule has 0 spiro atoms. The van der Waals surface area contributed by atoms with E-state index < -0.39 is 5.60 Å². The molecular formula is C27H31N7O. The van der Waals surface area contributed by atoms with Crippen LogP contribution in [0.1, 0.15) is 66.5 Å². The Morgan fingerprint density at radius 3 is 2.74 bits per heavy atom. The van der Waals surface area contributed by atoms with Gasteiger partial charge in [-0.15, -0.1) is 0 Å². The number of hydrogen-bond donors (Lipinski definition) is 4. The second-order valence-corrected chi connectivity index (χ2v) is 9.50. The molecule has 3 aromatic rings. The summed E-state index contributed by atoms with van der Waals surface area (Å²) in [4.78, 5) is 13.6. The number of hydrogen-bond acceptors (Lipinski definition) is 8. The van der Waals surface area contributed by atoms with Crippen molar-refractivity contribution in [3.63, 3.8) is 0 Å². The predicted octanol–water partition coefficient (Wildman–Crippen LogP) is 4.55. The minimum absolute atomic E-state index is 0.320. The van der Waals surface area contributed by atoms with Crippen LogP contribution in [-0.4, -0.2) is 33.1 Å². The number of benzene rings is 1. The van der Waals surface area contributed by atoms with Crippen LogP contribution < -0.4 is 16.0 Å². The number of piperidine rings is 1. The van der Waals surface area contributed by atoms with Gasteiger partial charge in [-0.1, -0.05) is 19.1 Å². The predicted molar refractivity (Wildman–Crippen MR) is 136 cm³/mol. The third-order valence-electron chi connectivity index (χ3n) is 7.27. The molecule has 3 heterocycles. The lowest BCUT2D eigenvalue weighted by Crippen LogP contribution is -2.26. The molecule has 1 saturated heterocycles. The van der Waals surface area contributed by atoms with Gasteiger partial charge >= 0.3 is 0 Å². The van der Waals surface area contributed by atoms with E-state index in [2.05, 4.69) is 62.1 Å². The van der Waals surface area contributed by atoms with Gasteiger partial charge in [0.05, 0.1) is 11.9 Å². The standard InChI is InChI=1S/C27H31N7O/c1-3-27(35)11-8-19-4-7-23(32-24(19)27)33-25-20(15-28)16-30-26(34-25)31-21-5-6-22(17(2)14-21)18-9-12-29-13-10-18/h4-7,14,16,18,29,35H,3,8-13H2,1-2H3,(H2,30,31,32,33,34). The maximum absolute atomic E-state index is 10.9. The zero-order chi connectivity index (χ0) is 24.4. The van der Waals surface area contributed by atoms with Crippen LogP contribution in [0.2, 0.25) is 0 Å². The smallest absolute Gasteiger partial charge is 0.229 e. The summed E-state index contributed by atoms with van der Waals surface area (Å²) >= 11 is 0. The van der Waals surface area contributed by atoms with Gasteiger partial charge in [-0.05, 0) is 92.9 Å². The number of rotatable bonds is 6. The Labute approximate surface area is 205 Å². The molecule has 1 fully saturated rings. The average Bonchev–Trinajstić information content (AvgIpc) is 3.21. The van der Waals surface area contributed by atoms with Crippen molar-refractivity contribution in [1.29, 1.82) is 5.26 Å². The lowest BCUT2D eigenvalue weighted by atomic mass is 9.87. The number of aliphatic hydroxyl groups is 1. The molecule has 1 atom stereocenters. The minimum atomic E-state index is -0.901. The Hall–Kier alpha value is -3.54. The van der Waals surface area contributed by atoms with E-state index in [-0.39, 0.29) is 0 Å². The van der Waals surface area contributed by atoms with Gasteiger partial charge < -0.3 is 21.1 Å². The second-order valence-electron chi connectivity index (χ2n) is 9.50. The third kappa shape index (κ3) is 4.70. The number of nitrogens with one attached hydrogen (secondary N) is 3. The zero-order valence-corrected chi connectivity index (χ0v) is 20.2. The maximum atomic E-state index is 10.9. The highest BCUT2D eigenvalue weighted by atomic mass is 16.3. The molecule has 0 bridgehead atoms. The van der Waals surface area contributed by atoms with Crippen molar-refractivity contribution in [1.82, 2.24) is 20.3 Å². The highest BCUT2D eigenvalue weighted by Crippen LogP contribution is 2.39. The molecule has 8 nitrogen and oxygen atoms in total. The summed E-state index contributed by atoms with van der Waals surface area (Å²) in [5.74, 6) is 1.91. The first-order valence-corrected chi connectivity index (χ1v) is 12.3. The van der Waals surface area contributed by atoms with E-state index in [1.807, 2.05) is 19.1 Å². The first kappa shape index (κ1) is 23.2. The van der Waals surface area contributed by atoms with Crippen LogP contribution >= 0.6 is 0 Å². The fourth-order valence-electron chi connectivity index (χ4n) is 5.18. The third-order valence-corrected chi connectivity index (χ3v) is 7.27. The topological polar surface area (TPSA) is 119 Å². The van der Waals surface area contributed by atoms with Crippen molar-refractivity contribution < 1.29 is 5.11 Å². The number of pyridine rings is 1. The number of nitrogens with zero attached hydrogens (tertiary/aromatic N) is 4. The van der Waals surface area contributed by atoms with Crippen molar-refractivity contribution >= 4 is 23.3 Å². The first-order valence-electron chi connectivity index (χ1n) is 12.3. The number of fused-ring (bicyclic) bond motifs is 1. The normalized spacial score (nSPS) is 19.7. The molecule has 0 saturated carbocycles. The van der Waals surface area contributed by atoms with Gasteiger partial charge in [0.15, 0.2) is 5.82 Å². The van der Waals surface area contributed by atoms with E-state index in [0.717, 1.165) is 43.6 Å². The van der Waals surface area contributed by atoms with Crippen LogP contribution in [0.4, 0.5) is 23.3 Å². The van der Waals surface area contributed by atoms with Gasteiger partial charge in [0, 0.05) is 5.69 Å². The Balaban J connectivity index is 1.37. The lowest BCUT2D eigenvalue weighted by Gasteiger charge is -2.24. The highest BCUT2D eigenvalue weighted by molar-refractivity contribution is 5.64. The van der Waals surface area contributed by atoms with Crippen molar-refractivity contribution in [3.05, 3.63) is 64.5 Å². The summed E-state index contributed by atoms with van der Waals surface area (Å²) < 4.78 is 0. The Bertz CT molecular complexity index is 1280. The van der Waals surface area contributed by atoms with Crippen LogP contribution in [0.3, 0.4) is 0 Å². The molecule has 0 amide bonds. The van der Waals surface area contributed by atoms with Gasteiger partial charge in [-0.3, -0.25) is 0 Å². The van der Waals surface area contributed by atoms with E-state index in [4.69, 9.17) is 0 Å². The minimum Gasteiger partial charge on any atom is -0.384 e. The number of nitriles is 1. The summed E-state index contributed by atoms with van der Waals surface area (Å²) in [6, 6.07) is 12.4. The molecule has 1 aromatic carbocycles. The Morgan fingerprint density at radius 2 is 2.00 bits per heavy atom. The van der Waals surface area contributed by atoms with Crippen molar-refractivity contribution in [3.8, 4) is 6.07 Å². The van der Waals surface area contributed by atoms with E-state index in [1.165, 1.54) is 17.3 Å². The molecule has 5 rings (SSSR count). The fraction of sp³-hybridized carbons (Fsp3) is 0.407. The largest absolute Gasteiger partial charge is 0.384 e. The number of aromatic nitrogens is 3. The van der Waals surface area contributed by atoms with Crippen molar-refractivity contribution in [2.45, 2.75) is 57.5 Å². The SMILES string of the molecule is CCC1(O)CCc2ccc(Nc3nc(Nc4ccc(C5CCNCC5)c(C)c4)ncc3C#N)nc21. The van der Waals surface area contributed by atoms with E-state index in [0.29, 0.717) is 47.6 Å². The number of aryl methyl sites for hydroxylation is 2. The molecule has 4 N–H and O–H groups in total. The van der Waals surface area contributed by atoms with Crippen LogP contribution in [0, 0.1) is 18.3 Å². The molecule has 35 heavy (non-hydrogen) atoms. The van der Waals surface area contributed by atoms with Crippen LogP contribution in [0.5, 0.6) is 0 Å². The zero-order valence-electron chi connectivity index (χ0n) is 20.2.